The highest BCUT2D eigenvalue weighted by Crippen LogP contribution is 2.37. The lowest BCUT2D eigenvalue weighted by Gasteiger charge is -2.31. The number of anilines is 2. The van der Waals surface area contributed by atoms with E-state index in [0.29, 0.717) is 23.8 Å². The van der Waals surface area contributed by atoms with E-state index in [-0.39, 0.29) is 23.1 Å². The molecule has 1 atom stereocenters. The molecule has 1 aliphatic rings. The van der Waals surface area contributed by atoms with Crippen LogP contribution in [0.3, 0.4) is 0 Å². The smallest absolute Gasteiger partial charge is 0.317 e. The molecule has 1 saturated heterocycles. The molecule has 1 aliphatic heterocycles. The summed E-state index contributed by atoms with van der Waals surface area (Å²) in [5, 5.41) is 17.4. The van der Waals surface area contributed by atoms with Crippen LogP contribution in [0.4, 0.5) is 16.3 Å². The van der Waals surface area contributed by atoms with Crippen LogP contribution in [0.2, 0.25) is 0 Å². The van der Waals surface area contributed by atoms with E-state index in [0.717, 1.165) is 64.1 Å². The van der Waals surface area contributed by atoms with Crippen LogP contribution in [0.15, 0.2) is 84.2 Å². The van der Waals surface area contributed by atoms with Crippen molar-refractivity contribution in [3.8, 4) is 5.69 Å². The van der Waals surface area contributed by atoms with E-state index in [1.165, 1.54) is 0 Å². The zero-order valence-electron chi connectivity index (χ0n) is 26.4. The fourth-order valence-electron chi connectivity index (χ4n) is 6.15. The van der Waals surface area contributed by atoms with Crippen LogP contribution >= 0.6 is 11.3 Å². The number of hydrogen-bond acceptors (Lipinski definition) is 5. The van der Waals surface area contributed by atoms with Crippen LogP contribution in [0, 0.1) is 12.8 Å². The summed E-state index contributed by atoms with van der Waals surface area (Å²) in [5.41, 5.74) is 5.30. The fraction of sp³-hybridized carbons (Fsp3) is 0.324. The van der Waals surface area contributed by atoms with Gasteiger partial charge in [0.05, 0.1) is 11.4 Å². The molecule has 0 spiro atoms. The van der Waals surface area contributed by atoms with Gasteiger partial charge in [0.25, 0.3) is 0 Å². The molecule has 2 aromatic heterocycles. The number of carbonyl (C=O) groups is 2. The summed E-state index contributed by atoms with van der Waals surface area (Å²) in [6.07, 6.45) is 2.46. The van der Waals surface area contributed by atoms with Crippen LogP contribution in [0.5, 0.6) is 0 Å². The number of hydrogen-bond donors (Lipinski definition) is 3. The highest BCUT2D eigenvalue weighted by Gasteiger charge is 2.29. The number of Topliss-reactive ketones (excluding diaryl/α,β-unsaturated/α-hetero) is 1. The van der Waals surface area contributed by atoms with E-state index < -0.39 is 0 Å². The number of thiophene rings is 1. The SMILES string of the molecule is Cc1ccc(-n2nc(C(C)(C)C)cc2NC(=O)Nc2cccc(C(CC(=O)c3csc4ccccc34)C3CCNCC3)c2)cc1. The standard InChI is InChI=1S/C37H41N5O2S/c1-24-12-14-28(15-13-24)42-35(22-34(41-42)37(2,3)4)40-36(44)39-27-9-7-8-26(20-27)30(25-16-18-38-19-17-25)21-32(43)31-23-45-33-11-6-5-10-29(31)33/h5-15,20,22-23,25,30,38H,16-19,21H2,1-4H3,(H2,39,40,44). The van der Waals surface area contributed by atoms with Gasteiger partial charge in [-0.1, -0.05) is 68.8 Å². The molecule has 45 heavy (non-hydrogen) atoms. The lowest BCUT2D eigenvalue weighted by Crippen LogP contribution is -2.31. The van der Waals surface area contributed by atoms with Crippen molar-refractivity contribution in [3.05, 3.63) is 107 Å². The van der Waals surface area contributed by atoms with Gasteiger partial charge in [-0.25, -0.2) is 9.48 Å². The Kier molecular flexibility index (Phi) is 8.88. The number of ketones is 1. The molecule has 1 unspecified atom stereocenters. The van der Waals surface area contributed by atoms with Gasteiger partial charge in [-0.15, -0.1) is 11.3 Å². The van der Waals surface area contributed by atoms with Gasteiger partial charge < -0.3 is 10.6 Å². The normalized spacial score (nSPS) is 14.8. The van der Waals surface area contributed by atoms with Crippen LogP contribution < -0.4 is 16.0 Å². The van der Waals surface area contributed by atoms with Gasteiger partial charge in [-0.05, 0) is 80.6 Å². The second-order valence-electron chi connectivity index (χ2n) is 13.1. The molecule has 2 amide bonds. The predicted molar refractivity (Wildman–Crippen MR) is 185 cm³/mol. The lowest BCUT2D eigenvalue weighted by molar-refractivity contribution is 0.0961. The third-order valence-corrected chi connectivity index (χ3v) is 9.67. The molecule has 0 saturated carbocycles. The van der Waals surface area contributed by atoms with Crippen molar-refractivity contribution in [2.45, 2.75) is 58.3 Å². The van der Waals surface area contributed by atoms with Gasteiger partial charge in [0.1, 0.15) is 5.82 Å². The maximum atomic E-state index is 13.8. The van der Waals surface area contributed by atoms with Crippen molar-refractivity contribution in [1.29, 1.82) is 0 Å². The Morgan fingerprint density at radius 3 is 2.49 bits per heavy atom. The van der Waals surface area contributed by atoms with Gasteiger partial charge >= 0.3 is 6.03 Å². The van der Waals surface area contributed by atoms with Crippen LogP contribution in [-0.2, 0) is 5.41 Å². The second-order valence-corrected chi connectivity index (χ2v) is 14.0. The molecule has 7 nitrogen and oxygen atoms in total. The van der Waals surface area contributed by atoms with E-state index in [2.05, 4.69) is 48.9 Å². The molecule has 3 heterocycles. The first-order valence-electron chi connectivity index (χ1n) is 15.7. The third kappa shape index (κ3) is 7.02. The van der Waals surface area contributed by atoms with Crippen molar-refractivity contribution in [1.82, 2.24) is 15.1 Å². The van der Waals surface area contributed by atoms with Gasteiger partial charge in [0, 0.05) is 44.6 Å². The number of nitrogens with zero attached hydrogens (tertiary/aromatic N) is 2. The van der Waals surface area contributed by atoms with Crippen LogP contribution in [0.25, 0.3) is 15.8 Å². The molecule has 6 rings (SSSR count). The number of urea groups is 1. The Morgan fingerprint density at radius 1 is 0.978 bits per heavy atom. The summed E-state index contributed by atoms with van der Waals surface area (Å²) in [4.78, 5) is 27.1. The summed E-state index contributed by atoms with van der Waals surface area (Å²) in [6.45, 7) is 10.3. The number of aromatic nitrogens is 2. The molecule has 0 bridgehead atoms. The van der Waals surface area contributed by atoms with E-state index >= 15 is 0 Å². The average Bonchev–Trinajstić information content (AvgIpc) is 3.66. The molecule has 232 valence electrons. The maximum Gasteiger partial charge on any atom is 0.324 e. The Labute approximate surface area is 269 Å². The highest BCUT2D eigenvalue weighted by molar-refractivity contribution is 7.17. The molecular formula is C37H41N5O2S. The highest BCUT2D eigenvalue weighted by atomic mass is 32.1. The minimum absolute atomic E-state index is 0.0559. The number of nitrogens with one attached hydrogen (secondary N) is 3. The van der Waals surface area contributed by atoms with E-state index in [1.54, 1.807) is 16.0 Å². The first kappa shape index (κ1) is 30.7. The Bertz CT molecular complexity index is 1810. The predicted octanol–water partition coefficient (Wildman–Crippen LogP) is 8.69. The summed E-state index contributed by atoms with van der Waals surface area (Å²) in [7, 11) is 0. The lowest BCUT2D eigenvalue weighted by atomic mass is 9.77. The molecule has 3 aromatic carbocycles. The first-order valence-corrected chi connectivity index (χ1v) is 16.6. The van der Waals surface area contributed by atoms with E-state index in [4.69, 9.17) is 5.10 Å². The zero-order chi connectivity index (χ0) is 31.6. The van der Waals surface area contributed by atoms with Crippen molar-refractivity contribution in [2.75, 3.05) is 23.7 Å². The molecule has 0 radical (unpaired) electrons. The first-order chi connectivity index (χ1) is 21.7. The van der Waals surface area contributed by atoms with E-state index in [9.17, 15) is 9.59 Å². The quantitative estimate of drug-likeness (QED) is 0.152. The van der Waals surface area contributed by atoms with Crippen molar-refractivity contribution in [3.63, 3.8) is 0 Å². The minimum atomic E-state index is -0.347. The average molecular weight is 620 g/mol. The number of piperidine rings is 1. The number of aryl methyl sites for hydroxylation is 1. The molecule has 0 aliphatic carbocycles. The van der Waals surface area contributed by atoms with Crippen molar-refractivity contribution in [2.24, 2.45) is 5.92 Å². The van der Waals surface area contributed by atoms with Gasteiger partial charge in [0.2, 0.25) is 0 Å². The number of carbonyl (C=O) groups excluding carboxylic acids is 2. The molecule has 5 aromatic rings. The van der Waals surface area contributed by atoms with Gasteiger partial charge in [-0.2, -0.15) is 5.10 Å². The summed E-state index contributed by atoms with van der Waals surface area (Å²) < 4.78 is 2.91. The van der Waals surface area contributed by atoms with Gasteiger partial charge in [0.15, 0.2) is 5.78 Å². The zero-order valence-corrected chi connectivity index (χ0v) is 27.2. The maximum absolute atomic E-state index is 13.8. The number of fused-ring (bicyclic) bond motifs is 1. The second kappa shape index (κ2) is 13.0. The third-order valence-electron chi connectivity index (χ3n) is 8.71. The fourth-order valence-corrected chi connectivity index (χ4v) is 7.12. The van der Waals surface area contributed by atoms with E-state index in [1.807, 2.05) is 79.0 Å². The van der Waals surface area contributed by atoms with Crippen molar-refractivity contribution < 1.29 is 9.59 Å². The Hall–Kier alpha value is -4.27. The summed E-state index contributed by atoms with van der Waals surface area (Å²) >= 11 is 1.62. The molecule has 1 fully saturated rings. The topological polar surface area (TPSA) is 88.1 Å². The van der Waals surface area contributed by atoms with Crippen LogP contribution in [-0.4, -0.2) is 34.7 Å². The monoisotopic (exact) mass is 619 g/mol. The number of benzene rings is 3. The largest absolute Gasteiger partial charge is 0.324 e. The molecular weight excluding hydrogens is 579 g/mol. The van der Waals surface area contributed by atoms with Crippen molar-refractivity contribution >= 4 is 44.7 Å². The van der Waals surface area contributed by atoms with Crippen LogP contribution in [0.1, 0.15) is 73.1 Å². The minimum Gasteiger partial charge on any atom is -0.317 e. The molecule has 8 heteroatoms. The Morgan fingerprint density at radius 2 is 1.73 bits per heavy atom. The summed E-state index contributed by atoms with van der Waals surface area (Å²) in [6, 6.07) is 25.8. The summed E-state index contributed by atoms with van der Waals surface area (Å²) in [5.74, 6) is 1.20. The number of amides is 2. The molecule has 3 N–H and O–H groups in total. The Balaban J connectivity index is 1.23. The number of rotatable bonds is 8. The van der Waals surface area contributed by atoms with Gasteiger partial charge in [-0.3, -0.25) is 10.1 Å².